The zero-order chi connectivity index (χ0) is 12.3. The van der Waals surface area contributed by atoms with Crippen LogP contribution in [0.15, 0.2) is 36.4 Å². The Hall–Kier alpha value is -1.87. The number of ether oxygens (including phenoxy) is 1. The molecule has 0 fully saturated rings. The fourth-order valence-corrected chi connectivity index (χ4v) is 1.80. The number of carbonyl (C=O) groups excluding carboxylic acids is 1. The van der Waals surface area contributed by atoms with Crippen molar-refractivity contribution < 1.29 is 14.6 Å². The standard InChI is InChI=1S/C14H14O3/c1-17-13-5-4-10-8-12(14(16)6-7-15)3-2-11(10)9-13/h2-5,7-9,14,16H,6H2,1H3. The molecule has 0 saturated heterocycles. The second-order valence-corrected chi connectivity index (χ2v) is 3.89. The molecule has 0 amide bonds. The molecule has 0 aliphatic carbocycles. The smallest absolute Gasteiger partial charge is 0.122 e. The minimum atomic E-state index is -0.723. The molecule has 1 N–H and O–H groups in total. The van der Waals surface area contributed by atoms with E-state index in [1.165, 1.54) is 0 Å². The number of hydrogen-bond acceptors (Lipinski definition) is 3. The zero-order valence-electron chi connectivity index (χ0n) is 9.59. The molecule has 2 aromatic rings. The van der Waals surface area contributed by atoms with Gasteiger partial charge in [0, 0.05) is 6.42 Å². The van der Waals surface area contributed by atoms with E-state index in [9.17, 15) is 9.90 Å². The largest absolute Gasteiger partial charge is 0.497 e. The Kier molecular flexibility index (Phi) is 3.40. The van der Waals surface area contributed by atoms with Crippen LogP contribution in [0.5, 0.6) is 5.75 Å². The lowest BCUT2D eigenvalue weighted by atomic mass is 10.0. The van der Waals surface area contributed by atoms with Crippen LogP contribution >= 0.6 is 0 Å². The van der Waals surface area contributed by atoms with Crippen LogP contribution in [0.3, 0.4) is 0 Å². The summed E-state index contributed by atoms with van der Waals surface area (Å²) in [6, 6.07) is 11.4. The summed E-state index contributed by atoms with van der Waals surface area (Å²) in [5.41, 5.74) is 0.759. The van der Waals surface area contributed by atoms with Crippen LogP contribution in [0.2, 0.25) is 0 Å². The molecule has 0 aliphatic heterocycles. The Bertz CT molecular complexity index is 534. The highest BCUT2D eigenvalue weighted by molar-refractivity contribution is 5.84. The summed E-state index contributed by atoms with van der Waals surface area (Å²) in [5, 5.41) is 11.8. The maximum Gasteiger partial charge on any atom is 0.122 e. The van der Waals surface area contributed by atoms with Crippen molar-refractivity contribution in [3.05, 3.63) is 42.0 Å². The van der Waals surface area contributed by atoms with Gasteiger partial charge in [-0.05, 0) is 34.5 Å². The molecule has 0 heterocycles. The Morgan fingerprint density at radius 1 is 1.24 bits per heavy atom. The number of rotatable bonds is 4. The second kappa shape index (κ2) is 4.97. The third kappa shape index (κ3) is 2.45. The first-order valence-corrected chi connectivity index (χ1v) is 5.44. The Labute approximate surface area is 99.6 Å². The predicted molar refractivity (Wildman–Crippen MR) is 66.1 cm³/mol. The van der Waals surface area contributed by atoms with Gasteiger partial charge in [-0.1, -0.05) is 18.2 Å². The maximum atomic E-state index is 10.4. The Balaban J connectivity index is 2.40. The molecular formula is C14H14O3. The van der Waals surface area contributed by atoms with E-state index >= 15 is 0 Å². The van der Waals surface area contributed by atoms with E-state index < -0.39 is 6.10 Å². The summed E-state index contributed by atoms with van der Waals surface area (Å²) in [6.45, 7) is 0. The average molecular weight is 230 g/mol. The number of methoxy groups -OCH3 is 1. The monoisotopic (exact) mass is 230 g/mol. The van der Waals surface area contributed by atoms with Crippen molar-refractivity contribution in [1.82, 2.24) is 0 Å². The molecule has 0 saturated carbocycles. The van der Waals surface area contributed by atoms with E-state index in [0.29, 0.717) is 0 Å². The van der Waals surface area contributed by atoms with Crippen molar-refractivity contribution in [3.8, 4) is 5.75 Å². The van der Waals surface area contributed by atoms with Crippen molar-refractivity contribution >= 4 is 17.1 Å². The lowest BCUT2D eigenvalue weighted by Crippen LogP contribution is -1.97. The van der Waals surface area contributed by atoms with Gasteiger partial charge in [-0.25, -0.2) is 0 Å². The molecule has 1 unspecified atom stereocenters. The summed E-state index contributed by atoms with van der Waals surface area (Å²) < 4.78 is 5.14. The van der Waals surface area contributed by atoms with Gasteiger partial charge < -0.3 is 14.6 Å². The van der Waals surface area contributed by atoms with Crippen LogP contribution in [-0.4, -0.2) is 18.5 Å². The van der Waals surface area contributed by atoms with Gasteiger partial charge in [-0.2, -0.15) is 0 Å². The third-order valence-corrected chi connectivity index (χ3v) is 2.78. The van der Waals surface area contributed by atoms with E-state index in [4.69, 9.17) is 4.74 Å². The molecule has 0 radical (unpaired) electrons. The molecule has 17 heavy (non-hydrogen) atoms. The topological polar surface area (TPSA) is 46.5 Å². The first-order chi connectivity index (χ1) is 8.24. The zero-order valence-corrected chi connectivity index (χ0v) is 9.59. The second-order valence-electron chi connectivity index (χ2n) is 3.89. The highest BCUT2D eigenvalue weighted by Gasteiger charge is 2.07. The van der Waals surface area contributed by atoms with E-state index in [1.807, 2.05) is 36.4 Å². The highest BCUT2D eigenvalue weighted by Crippen LogP contribution is 2.25. The number of aliphatic hydroxyl groups excluding tert-OH is 1. The molecule has 0 bridgehead atoms. The number of hydrogen-bond donors (Lipinski definition) is 1. The van der Waals surface area contributed by atoms with Crippen LogP contribution < -0.4 is 4.74 Å². The summed E-state index contributed by atoms with van der Waals surface area (Å²) in [4.78, 5) is 10.4. The van der Waals surface area contributed by atoms with Gasteiger partial charge in [-0.15, -0.1) is 0 Å². The minimum Gasteiger partial charge on any atom is -0.497 e. The Morgan fingerprint density at radius 3 is 2.65 bits per heavy atom. The number of aldehydes is 1. The van der Waals surface area contributed by atoms with Crippen molar-refractivity contribution in [3.63, 3.8) is 0 Å². The number of aliphatic hydroxyl groups is 1. The normalized spacial score (nSPS) is 12.4. The summed E-state index contributed by atoms with van der Waals surface area (Å²) in [6.07, 6.45) is 0.129. The third-order valence-electron chi connectivity index (χ3n) is 2.78. The van der Waals surface area contributed by atoms with Crippen molar-refractivity contribution in [1.29, 1.82) is 0 Å². The van der Waals surface area contributed by atoms with Gasteiger partial charge in [0.05, 0.1) is 13.2 Å². The van der Waals surface area contributed by atoms with Gasteiger partial charge in [0.2, 0.25) is 0 Å². The first kappa shape index (κ1) is 11.6. The molecule has 3 heteroatoms. The lowest BCUT2D eigenvalue weighted by molar-refractivity contribution is -0.109. The predicted octanol–water partition coefficient (Wildman–Crippen LogP) is 2.47. The molecule has 0 aromatic heterocycles. The van der Waals surface area contributed by atoms with Crippen LogP contribution in [0.25, 0.3) is 10.8 Å². The summed E-state index contributed by atoms with van der Waals surface area (Å²) in [7, 11) is 1.63. The first-order valence-electron chi connectivity index (χ1n) is 5.44. The molecule has 3 nitrogen and oxygen atoms in total. The highest BCUT2D eigenvalue weighted by atomic mass is 16.5. The van der Waals surface area contributed by atoms with Gasteiger partial charge in [-0.3, -0.25) is 0 Å². The molecule has 0 aliphatic rings. The van der Waals surface area contributed by atoms with Crippen LogP contribution in [-0.2, 0) is 4.79 Å². The van der Waals surface area contributed by atoms with Gasteiger partial charge in [0.1, 0.15) is 12.0 Å². The maximum absolute atomic E-state index is 10.4. The Morgan fingerprint density at radius 2 is 1.94 bits per heavy atom. The van der Waals surface area contributed by atoms with E-state index in [-0.39, 0.29) is 6.42 Å². The minimum absolute atomic E-state index is 0.127. The summed E-state index contributed by atoms with van der Waals surface area (Å²) >= 11 is 0. The van der Waals surface area contributed by atoms with Gasteiger partial charge >= 0.3 is 0 Å². The van der Waals surface area contributed by atoms with E-state index in [2.05, 4.69) is 0 Å². The average Bonchev–Trinajstić information content (AvgIpc) is 2.37. The fourth-order valence-electron chi connectivity index (χ4n) is 1.80. The van der Waals surface area contributed by atoms with Crippen molar-refractivity contribution in [2.24, 2.45) is 0 Å². The number of carbonyl (C=O) groups is 1. The van der Waals surface area contributed by atoms with Gasteiger partial charge in [0.15, 0.2) is 0 Å². The molecule has 2 aromatic carbocycles. The lowest BCUT2D eigenvalue weighted by Gasteiger charge is -2.09. The SMILES string of the molecule is COc1ccc2cc(C(O)CC=O)ccc2c1. The van der Waals surface area contributed by atoms with Gasteiger partial charge in [0.25, 0.3) is 0 Å². The van der Waals surface area contributed by atoms with Crippen molar-refractivity contribution in [2.75, 3.05) is 7.11 Å². The quantitative estimate of drug-likeness (QED) is 0.821. The van der Waals surface area contributed by atoms with E-state index in [1.54, 1.807) is 7.11 Å². The fraction of sp³-hybridized carbons (Fsp3) is 0.214. The van der Waals surface area contributed by atoms with Crippen molar-refractivity contribution in [2.45, 2.75) is 12.5 Å². The molecule has 88 valence electrons. The summed E-state index contributed by atoms with van der Waals surface area (Å²) in [5.74, 6) is 0.804. The molecule has 0 spiro atoms. The number of benzene rings is 2. The van der Waals surface area contributed by atoms with Crippen LogP contribution in [0.4, 0.5) is 0 Å². The number of fused-ring (bicyclic) bond motifs is 1. The van der Waals surface area contributed by atoms with E-state index in [0.717, 1.165) is 28.4 Å². The van der Waals surface area contributed by atoms with Crippen LogP contribution in [0.1, 0.15) is 18.1 Å². The molecule has 1 atom stereocenters. The van der Waals surface area contributed by atoms with Crippen LogP contribution in [0, 0.1) is 0 Å². The molecular weight excluding hydrogens is 216 g/mol. The molecule has 2 rings (SSSR count).